The van der Waals surface area contributed by atoms with E-state index in [-0.39, 0.29) is 41.1 Å². The predicted octanol–water partition coefficient (Wildman–Crippen LogP) is 3.92. The SMILES string of the molecule is CC(N)CNc1nc(NCc2c(O)cc(Cl)cc2O)c2nnc(C(C)C)c-2n1C(C)C. The highest BCUT2D eigenvalue weighted by molar-refractivity contribution is 6.30. The number of phenolic OH excluding ortho intramolecular Hbond substituents is 2. The van der Waals surface area contributed by atoms with Crippen molar-refractivity contribution in [2.24, 2.45) is 5.73 Å². The molecule has 31 heavy (non-hydrogen) atoms. The van der Waals surface area contributed by atoms with Crippen LogP contribution in [0.25, 0.3) is 11.4 Å². The minimum absolute atomic E-state index is 0.0574. The highest BCUT2D eigenvalue weighted by atomic mass is 35.5. The van der Waals surface area contributed by atoms with E-state index in [4.69, 9.17) is 22.3 Å². The van der Waals surface area contributed by atoms with Crippen molar-refractivity contribution < 1.29 is 10.2 Å². The number of fused-ring (bicyclic) bond motifs is 1. The Kier molecular flexibility index (Phi) is 6.76. The molecule has 1 unspecified atom stereocenters. The van der Waals surface area contributed by atoms with Crippen LogP contribution >= 0.6 is 11.6 Å². The van der Waals surface area contributed by atoms with Crippen molar-refractivity contribution in [2.45, 2.75) is 59.2 Å². The lowest BCUT2D eigenvalue weighted by molar-refractivity contribution is 0.440. The lowest BCUT2D eigenvalue weighted by Crippen LogP contribution is -2.28. The van der Waals surface area contributed by atoms with E-state index in [0.29, 0.717) is 29.6 Å². The monoisotopic (exact) mass is 447 g/mol. The molecule has 9 nitrogen and oxygen atoms in total. The van der Waals surface area contributed by atoms with Crippen LogP contribution in [-0.4, -0.2) is 42.5 Å². The first-order valence-corrected chi connectivity index (χ1v) is 10.7. The van der Waals surface area contributed by atoms with Crippen LogP contribution in [0.2, 0.25) is 5.02 Å². The number of nitrogens with two attached hydrogens (primary N) is 1. The molecule has 1 atom stereocenters. The maximum atomic E-state index is 10.2. The van der Waals surface area contributed by atoms with E-state index in [1.165, 1.54) is 12.1 Å². The van der Waals surface area contributed by atoms with Gasteiger partial charge in [-0.15, -0.1) is 5.10 Å². The number of aromatic nitrogens is 4. The van der Waals surface area contributed by atoms with E-state index in [1.807, 2.05) is 6.92 Å². The van der Waals surface area contributed by atoms with Crippen LogP contribution < -0.4 is 16.4 Å². The molecule has 1 aromatic rings. The average molecular weight is 448 g/mol. The second-order valence-corrected chi connectivity index (χ2v) is 8.76. The van der Waals surface area contributed by atoms with Gasteiger partial charge in [-0.05, 0) is 38.8 Å². The number of nitrogens with one attached hydrogen (secondary N) is 2. The van der Waals surface area contributed by atoms with E-state index < -0.39 is 0 Å². The number of benzene rings is 1. The molecule has 168 valence electrons. The fourth-order valence-corrected chi connectivity index (χ4v) is 3.60. The largest absolute Gasteiger partial charge is 0.507 e. The van der Waals surface area contributed by atoms with Gasteiger partial charge in [0.15, 0.2) is 11.5 Å². The Morgan fingerprint density at radius 2 is 1.71 bits per heavy atom. The van der Waals surface area contributed by atoms with Gasteiger partial charge in [-0.2, -0.15) is 10.1 Å². The Hall–Kier alpha value is -2.78. The molecule has 0 spiro atoms. The molecule has 0 fully saturated rings. The van der Waals surface area contributed by atoms with E-state index in [9.17, 15) is 10.2 Å². The summed E-state index contributed by atoms with van der Waals surface area (Å²) in [5.41, 5.74) is 8.64. The minimum Gasteiger partial charge on any atom is -0.507 e. The molecular formula is C21H30ClN7O2. The third-order valence-corrected chi connectivity index (χ3v) is 5.10. The summed E-state index contributed by atoms with van der Waals surface area (Å²) in [4.78, 5) is 4.75. The number of halogens is 1. The smallest absolute Gasteiger partial charge is 0.205 e. The summed E-state index contributed by atoms with van der Waals surface area (Å²) in [5.74, 6) is 1.09. The number of rotatable bonds is 8. The van der Waals surface area contributed by atoms with Gasteiger partial charge in [0, 0.05) is 30.2 Å². The average Bonchev–Trinajstić information content (AvgIpc) is 3.10. The summed E-state index contributed by atoms with van der Waals surface area (Å²) in [6, 6.07) is 2.81. The molecule has 0 bridgehead atoms. The standard InChI is InChI=1S/C21H30ClN7O2/c1-10(2)17-19-18(28-27-17)20(24-9-14-15(30)6-13(22)7-16(14)31)26-21(25-8-12(5)23)29(19)11(3)4/h6-7,10-12,24,30-31H,8-9,23H2,1-5H3,(H,25,26). The zero-order valence-electron chi connectivity index (χ0n) is 18.4. The van der Waals surface area contributed by atoms with Gasteiger partial charge < -0.3 is 31.1 Å². The zero-order valence-corrected chi connectivity index (χ0v) is 19.2. The molecule has 2 heterocycles. The topological polar surface area (TPSA) is 134 Å². The van der Waals surface area contributed by atoms with Gasteiger partial charge in [-0.1, -0.05) is 25.4 Å². The van der Waals surface area contributed by atoms with Crippen molar-refractivity contribution in [1.82, 2.24) is 19.7 Å². The van der Waals surface area contributed by atoms with E-state index in [0.717, 1.165) is 11.4 Å². The molecular weight excluding hydrogens is 418 g/mol. The Bertz CT molecular complexity index is 1010. The molecule has 0 saturated carbocycles. The molecule has 0 aromatic heterocycles. The summed E-state index contributed by atoms with van der Waals surface area (Å²) in [7, 11) is 0. The second kappa shape index (κ2) is 9.15. The highest BCUT2D eigenvalue weighted by Gasteiger charge is 2.28. The third kappa shape index (κ3) is 4.77. The van der Waals surface area contributed by atoms with Crippen LogP contribution in [-0.2, 0) is 6.54 Å². The Morgan fingerprint density at radius 3 is 2.26 bits per heavy atom. The van der Waals surface area contributed by atoms with Gasteiger partial charge in [0.1, 0.15) is 11.5 Å². The number of hydrogen-bond acceptors (Lipinski definition) is 8. The van der Waals surface area contributed by atoms with E-state index in [2.05, 4.69) is 53.1 Å². The summed E-state index contributed by atoms with van der Waals surface area (Å²) in [5, 5.41) is 36.0. The molecule has 10 heteroatoms. The molecule has 0 amide bonds. The molecule has 2 aliphatic heterocycles. The van der Waals surface area contributed by atoms with Crippen LogP contribution in [0.4, 0.5) is 11.8 Å². The minimum atomic E-state index is -0.103. The van der Waals surface area contributed by atoms with Crippen molar-refractivity contribution in [3.8, 4) is 22.9 Å². The normalized spacial score (nSPS) is 12.7. The molecule has 1 aromatic carbocycles. The fraction of sp³-hybridized carbons (Fsp3) is 0.476. The first kappa shape index (κ1) is 22.9. The van der Waals surface area contributed by atoms with Gasteiger partial charge in [0.25, 0.3) is 0 Å². The molecule has 0 aliphatic carbocycles. The second-order valence-electron chi connectivity index (χ2n) is 8.32. The highest BCUT2D eigenvalue weighted by Crippen LogP contribution is 2.38. The summed E-state index contributed by atoms with van der Waals surface area (Å²) in [6.45, 7) is 10.9. The lowest BCUT2D eigenvalue weighted by atomic mass is 10.1. The van der Waals surface area contributed by atoms with Crippen molar-refractivity contribution >= 4 is 23.4 Å². The van der Waals surface area contributed by atoms with Gasteiger partial charge in [-0.25, -0.2) is 0 Å². The maximum absolute atomic E-state index is 10.2. The van der Waals surface area contributed by atoms with Crippen LogP contribution in [0.5, 0.6) is 11.5 Å². The number of hydrogen-bond donors (Lipinski definition) is 5. The van der Waals surface area contributed by atoms with E-state index in [1.54, 1.807) is 0 Å². The summed E-state index contributed by atoms with van der Waals surface area (Å²) in [6.07, 6.45) is 0. The van der Waals surface area contributed by atoms with Gasteiger partial charge in [0.2, 0.25) is 5.95 Å². The number of aromatic hydroxyl groups is 2. The molecule has 3 rings (SSSR count). The Morgan fingerprint density at radius 1 is 1.06 bits per heavy atom. The van der Waals surface area contributed by atoms with Gasteiger partial charge in [-0.3, -0.25) is 0 Å². The molecule has 6 N–H and O–H groups in total. The maximum Gasteiger partial charge on any atom is 0.205 e. The Labute approximate surface area is 187 Å². The number of nitrogens with zero attached hydrogens (tertiary/aromatic N) is 4. The van der Waals surface area contributed by atoms with Crippen molar-refractivity contribution in [2.75, 3.05) is 17.2 Å². The predicted molar refractivity (Wildman–Crippen MR) is 123 cm³/mol. The molecule has 0 saturated heterocycles. The zero-order chi connectivity index (χ0) is 22.9. The van der Waals surface area contributed by atoms with Crippen molar-refractivity contribution in [3.05, 3.63) is 28.4 Å². The first-order valence-electron chi connectivity index (χ1n) is 10.3. The lowest BCUT2D eigenvalue weighted by Gasteiger charge is -2.25. The summed E-state index contributed by atoms with van der Waals surface area (Å²) >= 11 is 5.89. The van der Waals surface area contributed by atoms with Crippen LogP contribution in [0.1, 0.15) is 57.8 Å². The summed E-state index contributed by atoms with van der Waals surface area (Å²) < 4.78 is 2.08. The number of anilines is 2. The van der Waals surface area contributed by atoms with Crippen LogP contribution in [0.15, 0.2) is 12.1 Å². The number of phenols is 2. The Balaban J connectivity index is 2.08. The van der Waals surface area contributed by atoms with Gasteiger partial charge >= 0.3 is 0 Å². The fourth-order valence-electron chi connectivity index (χ4n) is 3.39. The van der Waals surface area contributed by atoms with E-state index >= 15 is 0 Å². The van der Waals surface area contributed by atoms with Crippen molar-refractivity contribution in [3.63, 3.8) is 0 Å². The molecule has 2 aliphatic rings. The van der Waals surface area contributed by atoms with Crippen LogP contribution in [0, 0.1) is 0 Å². The van der Waals surface area contributed by atoms with Crippen LogP contribution in [0.3, 0.4) is 0 Å². The first-order chi connectivity index (χ1) is 14.6. The van der Waals surface area contributed by atoms with Crippen molar-refractivity contribution in [1.29, 1.82) is 0 Å². The van der Waals surface area contributed by atoms with Gasteiger partial charge in [0.05, 0.1) is 17.0 Å². The third-order valence-electron chi connectivity index (χ3n) is 4.88. The molecule has 0 radical (unpaired) electrons. The quantitative estimate of drug-likeness (QED) is 0.350.